The van der Waals surface area contributed by atoms with Crippen molar-refractivity contribution in [1.82, 2.24) is 4.90 Å². The molecular weight excluding hydrogens is 323 g/mol. The number of rotatable bonds is 1. The van der Waals surface area contributed by atoms with E-state index in [4.69, 9.17) is 4.74 Å². The molecule has 0 radical (unpaired) electrons. The molecule has 2 aliphatic rings. The highest BCUT2D eigenvalue weighted by molar-refractivity contribution is 6.03. The van der Waals surface area contributed by atoms with Crippen molar-refractivity contribution in [3.63, 3.8) is 0 Å². The van der Waals surface area contributed by atoms with Crippen molar-refractivity contribution in [2.45, 2.75) is 18.6 Å². The van der Waals surface area contributed by atoms with E-state index in [0.29, 0.717) is 30.0 Å². The van der Waals surface area contributed by atoms with Crippen LogP contribution in [0, 0.1) is 5.82 Å². The first-order valence-corrected chi connectivity index (χ1v) is 8.14. The Hall–Kier alpha value is -2.89. The van der Waals surface area contributed by atoms with Gasteiger partial charge in [0.1, 0.15) is 23.7 Å². The number of likely N-dealkylation sites (N-methyl/N-ethyl adjacent to an activating group) is 1. The molecule has 0 spiro atoms. The standard InChI is InChI=1S/C19H17FN2O3/c1-21-15-4-2-3-5-17(15)25-14-10-16(19(21)24)22(11-14)18(23)12-6-8-13(20)9-7-12/h2-9,14,16H,10-11H2,1H3/t14-,16-/m0/s1. The first-order chi connectivity index (χ1) is 12.0. The largest absolute Gasteiger partial charge is 0.486 e. The number of carbonyl (C=O) groups is 2. The Kier molecular flexibility index (Phi) is 3.67. The van der Waals surface area contributed by atoms with Gasteiger partial charge in [0.15, 0.2) is 0 Å². The molecule has 2 aromatic rings. The minimum atomic E-state index is -0.582. The Morgan fingerprint density at radius 1 is 1.16 bits per heavy atom. The monoisotopic (exact) mass is 340 g/mol. The van der Waals surface area contributed by atoms with Gasteiger partial charge in [0.25, 0.3) is 5.91 Å². The molecule has 2 heterocycles. The number of amides is 2. The van der Waals surface area contributed by atoms with E-state index < -0.39 is 11.9 Å². The lowest BCUT2D eigenvalue weighted by atomic mass is 10.1. The maximum atomic E-state index is 13.1. The molecule has 0 aromatic heterocycles. The van der Waals surface area contributed by atoms with Gasteiger partial charge < -0.3 is 14.5 Å². The molecule has 1 fully saturated rings. The van der Waals surface area contributed by atoms with E-state index in [0.717, 1.165) is 0 Å². The molecule has 2 bridgehead atoms. The molecule has 128 valence electrons. The molecule has 4 rings (SSSR count). The van der Waals surface area contributed by atoms with Crippen LogP contribution in [0.1, 0.15) is 16.8 Å². The molecule has 25 heavy (non-hydrogen) atoms. The lowest BCUT2D eigenvalue weighted by molar-refractivity contribution is -0.122. The van der Waals surface area contributed by atoms with Gasteiger partial charge in [0.2, 0.25) is 5.91 Å². The van der Waals surface area contributed by atoms with Gasteiger partial charge in [-0.1, -0.05) is 12.1 Å². The molecule has 0 saturated carbocycles. The molecule has 2 amide bonds. The fraction of sp³-hybridized carbons (Fsp3) is 0.263. The number of anilines is 1. The molecule has 6 heteroatoms. The summed E-state index contributed by atoms with van der Waals surface area (Å²) in [6, 6.07) is 12.1. The number of benzene rings is 2. The Labute approximate surface area is 144 Å². The second-order valence-electron chi connectivity index (χ2n) is 6.32. The third-order valence-electron chi connectivity index (χ3n) is 4.75. The summed E-state index contributed by atoms with van der Waals surface area (Å²) in [6.07, 6.45) is 0.206. The van der Waals surface area contributed by atoms with E-state index >= 15 is 0 Å². The van der Waals surface area contributed by atoms with Crippen molar-refractivity contribution in [1.29, 1.82) is 0 Å². The van der Waals surface area contributed by atoms with Gasteiger partial charge in [-0.2, -0.15) is 0 Å². The van der Waals surface area contributed by atoms with Crippen LogP contribution >= 0.6 is 0 Å². The lowest BCUT2D eigenvalue weighted by Crippen LogP contribution is -2.46. The molecule has 2 aromatic carbocycles. The maximum Gasteiger partial charge on any atom is 0.254 e. The Morgan fingerprint density at radius 3 is 2.64 bits per heavy atom. The zero-order chi connectivity index (χ0) is 17.6. The summed E-state index contributed by atoms with van der Waals surface area (Å²) in [5, 5.41) is 0. The fourth-order valence-corrected chi connectivity index (χ4v) is 3.46. The minimum absolute atomic E-state index is 0.145. The number of fused-ring (bicyclic) bond motifs is 3. The molecule has 5 nitrogen and oxygen atoms in total. The van der Waals surface area contributed by atoms with E-state index in [9.17, 15) is 14.0 Å². The quantitative estimate of drug-likeness (QED) is 0.801. The first kappa shape index (κ1) is 15.6. The molecular formula is C19H17FN2O3. The number of hydrogen-bond donors (Lipinski definition) is 0. The number of hydrogen-bond acceptors (Lipinski definition) is 3. The smallest absolute Gasteiger partial charge is 0.254 e. The summed E-state index contributed by atoms with van der Waals surface area (Å²) >= 11 is 0. The predicted octanol–water partition coefficient (Wildman–Crippen LogP) is 2.46. The molecule has 2 atom stereocenters. The fourth-order valence-electron chi connectivity index (χ4n) is 3.46. The number of likely N-dealkylation sites (tertiary alicyclic amines) is 1. The van der Waals surface area contributed by atoms with Crippen LogP contribution in [-0.4, -0.2) is 42.5 Å². The summed E-state index contributed by atoms with van der Waals surface area (Å²) < 4.78 is 19.1. The van der Waals surface area contributed by atoms with Crippen molar-refractivity contribution in [2.75, 3.05) is 18.5 Å². The van der Waals surface area contributed by atoms with E-state index in [2.05, 4.69) is 0 Å². The molecule has 0 N–H and O–H groups in total. The van der Waals surface area contributed by atoms with Crippen molar-refractivity contribution in [2.24, 2.45) is 0 Å². The van der Waals surface area contributed by atoms with Crippen molar-refractivity contribution in [3.05, 3.63) is 59.9 Å². The Balaban J connectivity index is 1.67. The highest BCUT2D eigenvalue weighted by Gasteiger charge is 2.44. The van der Waals surface area contributed by atoms with Gasteiger partial charge in [-0.25, -0.2) is 4.39 Å². The summed E-state index contributed by atoms with van der Waals surface area (Å²) in [6.45, 7) is 0.328. The van der Waals surface area contributed by atoms with Crippen LogP contribution in [0.25, 0.3) is 0 Å². The van der Waals surface area contributed by atoms with Crippen LogP contribution in [0.3, 0.4) is 0 Å². The second kappa shape index (κ2) is 5.88. The van der Waals surface area contributed by atoms with Gasteiger partial charge in [0.05, 0.1) is 12.2 Å². The third-order valence-corrected chi connectivity index (χ3v) is 4.75. The SMILES string of the molecule is CN1C(=O)[C@@H]2C[C@@H](CN2C(=O)c2ccc(F)cc2)Oc2ccccc21. The van der Waals surface area contributed by atoms with Gasteiger partial charge in [0, 0.05) is 19.0 Å². The van der Waals surface area contributed by atoms with Crippen molar-refractivity contribution in [3.8, 4) is 5.75 Å². The number of carbonyl (C=O) groups excluding carboxylic acids is 2. The number of para-hydroxylation sites is 2. The van der Waals surface area contributed by atoms with Crippen LogP contribution in [0.5, 0.6) is 5.75 Å². The Morgan fingerprint density at radius 2 is 1.88 bits per heavy atom. The van der Waals surface area contributed by atoms with E-state index in [-0.39, 0.29) is 17.9 Å². The zero-order valence-corrected chi connectivity index (χ0v) is 13.7. The van der Waals surface area contributed by atoms with E-state index in [1.54, 1.807) is 7.05 Å². The van der Waals surface area contributed by atoms with Crippen molar-refractivity contribution < 1.29 is 18.7 Å². The number of nitrogens with zero attached hydrogens (tertiary/aromatic N) is 2. The normalized spacial score (nSPS) is 22.1. The van der Waals surface area contributed by atoms with Crippen LogP contribution in [0.2, 0.25) is 0 Å². The van der Waals surface area contributed by atoms with Gasteiger partial charge >= 0.3 is 0 Å². The highest BCUT2D eigenvalue weighted by atomic mass is 19.1. The molecule has 0 unspecified atom stereocenters. The van der Waals surface area contributed by atoms with Gasteiger partial charge in [-0.3, -0.25) is 9.59 Å². The third kappa shape index (κ3) is 2.63. The molecule has 0 aliphatic carbocycles. The Bertz CT molecular complexity index is 837. The predicted molar refractivity (Wildman–Crippen MR) is 90.1 cm³/mol. The highest BCUT2D eigenvalue weighted by Crippen LogP contribution is 2.35. The summed E-state index contributed by atoms with van der Waals surface area (Å²) in [4.78, 5) is 28.8. The summed E-state index contributed by atoms with van der Waals surface area (Å²) in [5.41, 5.74) is 1.05. The van der Waals surface area contributed by atoms with Crippen LogP contribution in [0.15, 0.2) is 48.5 Å². The average Bonchev–Trinajstić information content (AvgIpc) is 3.05. The zero-order valence-electron chi connectivity index (χ0n) is 13.7. The lowest BCUT2D eigenvalue weighted by Gasteiger charge is -2.29. The van der Waals surface area contributed by atoms with Crippen LogP contribution in [0.4, 0.5) is 10.1 Å². The molecule has 1 saturated heterocycles. The van der Waals surface area contributed by atoms with E-state index in [1.807, 2.05) is 24.3 Å². The maximum absolute atomic E-state index is 13.1. The summed E-state index contributed by atoms with van der Waals surface area (Å²) in [7, 11) is 1.68. The van der Waals surface area contributed by atoms with Crippen LogP contribution in [-0.2, 0) is 4.79 Å². The number of ether oxygens (including phenoxy) is 1. The van der Waals surface area contributed by atoms with Crippen LogP contribution < -0.4 is 9.64 Å². The topological polar surface area (TPSA) is 49.9 Å². The van der Waals surface area contributed by atoms with Gasteiger partial charge in [-0.05, 0) is 36.4 Å². The number of halogens is 1. The second-order valence-corrected chi connectivity index (χ2v) is 6.32. The minimum Gasteiger partial charge on any atom is -0.486 e. The molecule has 2 aliphatic heterocycles. The first-order valence-electron chi connectivity index (χ1n) is 8.14. The van der Waals surface area contributed by atoms with Gasteiger partial charge in [-0.15, -0.1) is 0 Å². The average molecular weight is 340 g/mol. The van der Waals surface area contributed by atoms with E-state index in [1.165, 1.54) is 34.1 Å². The van der Waals surface area contributed by atoms with Crippen molar-refractivity contribution >= 4 is 17.5 Å². The summed E-state index contributed by atoms with van der Waals surface area (Å²) in [5.74, 6) is -0.199.